The highest BCUT2D eigenvalue weighted by Crippen LogP contribution is 2.22. The third-order valence-electron chi connectivity index (χ3n) is 4.02. The summed E-state index contributed by atoms with van der Waals surface area (Å²) in [5, 5.41) is 2.83. The molecule has 0 spiro atoms. The number of carbonyl (C=O) groups excluding carboxylic acids is 2. The van der Waals surface area contributed by atoms with Crippen LogP contribution in [0.15, 0.2) is 36.4 Å². The number of anilines is 1. The van der Waals surface area contributed by atoms with E-state index in [1.807, 2.05) is 39.0 Å². The molecule has 138 valence electrons. The highest BCUT2D eigenvalue weighted by Gasteiger charge is 2.18. The number of carbonyl (C=O) groups is 2. The fourth-order valence-corrected chi connectivity index (χ4v) is 2.41. The first-order valence-electron chi connectivity index (χ1n) is 8.64. The maximum Gasteiger partial charge on any atom is 0.338 e. The fourth-order valence-electron chi connectivity index (χ4n) is 2.41. The molecule has 0 saturated heterocycles. The van der Waals surface area contributed by atoms with E-state index in [0.29, 0.717) is 23.6 Å². The van der Waals surface area contributed by atoms with Gasteiger partial charge in [-0.25, -0.2) is 4.79 Å². The van der Waals surface area contributed by atoms with Crippen molar-refractivity contribution >= 4 is 17.6 Å². The van der Waals surface area contributed by atoms with Gasteiger partial charge in [-0.1, -0.05) is 18.2 Å². The Labute approximate surface area is 154 Å². The monoisotopic (exact) mass is 355 g/mol. The van der Waals surface area contributed by atoms with E-state index in [0.717, 1.165) is 16.7 Å². The summed E-state index contributed by atoms with van der Waals surface area (Å²) >= 11 is 0. The molecule has 2 aromatic carbocycles. The van der Waals surface area contributed by atoms with Crippen LogP contribution in [0.25, 0.3) is 0 Å². The lowest BCUT2D eigenvalue weighted by molar-refractivity contribution is -0.122. The molecule has 0 heterocycles. The van der Waals surface area contributed by atoms with Crippen LogP contribution in [-0.2, 0) is 9.53 Å². The highest BCUT2D eigenvalue weighted by atomic mass is 16.5. The lowest BCUT2D eigenvalue weighted by Gasteiger charge is -2.18. The molecular formula is C21H25NO4. The minimum atomic E-state index is -0.679. The van der Waals surface area contributed by atoms with Crippen molar-refractivity contribution in [3.8, 4) is 5.75 Å². The number of benzene rings is 2. The van der Waals surface area contributed by atoms with Gasteiger partial charge in [-0.05, 0) is 69.5 Å². The molecule has 0 aliphatic carbocycles. The van der Waals surface area contributed by atoms with Crippen LogP contribution in [0.2, 0.25) is 0 Å². The van der Waals surface area contributed by atoms with Crippen molar-refractivity contribution in [2.75, 3.05) is 11.9 Å². The van der Waals surface area contributed by atoms with Crippen LogP contribution in [0, 0.1) is 20.8 Å². The first-order valence-corrected chi connectivity index (χ1v) is 8.64. The predicted molar refractivity (Wildman–Crippen MR) is 102 cm³/mol. The number of ether oxygens (including phenoxy) is 2. The van der Waals surface area contributed by atoms with Gasteiger partial charge in [0.1, 0.15) is 5.75 Å². The van der Waals surface area contributed by atoms with Crippen molar-refractivity contribution in [2.24, 2.45) is 0 Å². The summed E-state index contributed by atoms with van der Waals surface area (Å²) in [7, 11) is 0. The van der Waals surface area contributed by atoms with E-state index in [-0.39, 0.29) is 5.91 Å². The van der Waals surface area contributed by atoms with Gasteiger partial charge >= 0.3 is 5.97 Å². The molecule has 1 amide bonds. The van der Waals surface area contributed by atoms with E-state index < -0.39 is 12.1 Å². The number of esters is 1. The molecular weight excluding hydrogens is 330 g/mol. The molecule has 1 atom stereocenters. The Balaban J connectivity index is 2.12. The minimum Gasteiger partial charge on any atom is -0.481 e. The van der Waals surface area contributed by atoms with E-state index in [4.69, 9.17) is 9.47 Å². The second-order valence-electron chi connectivity index (χ2n) is 6.27. The maximum atomic E-state index is 12.5. The smallest absolute Gasteiger partial charge is 0.338 e. The van der Waals surface area contributed by atoms with Crippen molar-refractivity contribution in [3.05, 3.63) is 58.7 Å². The Bertz CT molecular complexity index is 814. The number of amides is 1. The van der Waals surface area contributed by atoms with Crippen molar-refractivity contribution in [1.29, 1.82) is 0 Å². The molecule has 26 heavy (non-hydrogen) atoms. The van der Waals surface area contributed by atoms with Gasteiger partial charge in [0.2, 0.25) is 0 Å². The van der Waals surface area contributed by atoms with Crippen LogP contribution in [0.3, 0.4) is 0 Å². The summed E-state index contributed by atoms with van der Waals surface area (Å²) in [6.07, 6.45) is -0.679. The largest absolute Gasteiger partial charge is 0.481 e. The molecule has 0 saturated carbocycles. The first-order chi connectivity index (χ1) is 12.3. The molecule has 0 bridgehead atoms. The van der Waals surface area contributed by atoms with Crippen molar-refractivity contribution < 1.29 is 19.1 Å². The minimum absolute atomic E-state index is 0.282. The number of rotatable bonds is 6. The van der Waals surface area contributed by atoms with Gasteiger partial charge in [-0.2, -0.15) is 0 Å². The Hall–Kier alpha value is -2.82. The van der Waals surface area contributed by atoms with Crippen LogP contribution in [0.5, 0.6) is 5.75 Å². The topological polar surface area (TPSA) is 64.6 Å². The van der Waals surface area contributed by atoms with E-state index in [2.05, 4.69) is 5.32 Å². The molecule has 0 fully saturated rings. The first kappa shape index (κ1) is 19.5. The molecule has 2 rings (SSSR count). The number of aryl methyl sites for hydroxylation is 3. The van der Waals surface area contributed by atoms with Crippen molar-refractivity contribution in [1.82, 2.24) is 0 Å². The molecule has 1 N–H and O–H groups in total. The molecule has 0 unspecified atom stereocenters. The maximum absolute atomic E-state index is 12.5. The Morgan fingerprint density at radius 2 is 1.73 bits per heavy atom. The number of hydrogen-bond acceptors (Lipinski definition) is 4. The van der Waals surface area contributed by atoms with Gasteiger partial charge in [0, 0.05) is 5.69 Å². The van der Waals surface area contributed by atoms with E-state index in [1.54, 1.807) is 32.0 Å². The summed E-state index contributed by atoms with van der Waals surface area (Å²) in [4.78, 5) is 24.4. The SMILES string of the molecule is CCOC(=O)c1ccc(C)c(NC(=O)[C@@H](C)Oc2cc(C)ccc2C)c1. The average molecular weight is 355 g/mol. The van der Waals surface area contributed by atoms with Crippen LogP contribution in [-0.4, -0.2) is 24.6 Å². The molecule has 0 aliphatic rings. The summed E-state index contributed by atoms with van der Waals surface area (Å²) in [6, 6.07) is 10.9. The number of hydrogen-bond donors (Lipinski definition) is 1. The Morgan fingerprint density at radius 1 is 1.04 bits per heavy atom. The van der Waals surface area contributed by atoms with E-state index in [9.17, 15) is 9.59 Å². The standard InChI is InChI=1S/C21H25NO4/c1-6-25-21(24)17-10-9-14(3)18(12-17)22-20(23)16(5)26-19-11-13(2)7-8-15(19)4/h7-12,16H,6H2,1-5H3,(H,22,23)/t16-/m1/s1. The molecule has 0 aliphatic heterocycles. The van der Waals surface area contributed by atoms with E-state index in [1.165, 1.54) is 0 Å². The summed E-state index contributed by atoms with van der Waals surface area (Å²) in [5.74, 6) is -0.0117. The summed E-state index contributed by atoms with van der Waals surface area (Å²) in [6.45, 7) is 9.52. The second kappa shape index (κ2) is 8.52. The van der Waals surface area contributed by atoms with Gasteiger partial charge in [0.05, 0.1) is 12.2 Å². The molecule has 0 radical (unpaired) electrons. The van der Waals surface area contributed by atoms with Crippen LogP contribution >= 0.6 is 0 Å². The van der Waals surface area contributed by atoms with Crippen molar-refractivity contribution in [3.63, 3.8) is 0 Å². The third kappa shape index (κ3) is 4.85. The lowest BCUT2D eigenvalue weighted by atomic mass is 10.1. The van der Waals surface area contributed by atoms with Crippen LogP contribution < -0.4 is 10.1 Å². The van der Waals surface area contributed by atoms with Crippen LogP contribution in [0.4, 0.5) is 5.69 Å². The lowest BCUT2D eigenvalue weighted by Crippen LogP contribution is -2.30. The van der Waals surface area contributed by atoms with Gasteiger partial charge in [0.15, 0.2) is 6.10 Å². The molecule has 0 aromatic heterocycles. The molecule has 2 aromatic rings. The van der Waals surface area contributed by atoms with Crippen molar-refractivity contribution in [2.45, 2.75) is 40.7 Å². The number of nitrogens with one attached hydrogen (secondary N) is 1. The normalized spacial score (nSPS) is 11.6. The van der Waals surface area contributed by atoms with Gasteiger partial charge in [-0.15, -0.1) is 0 Å². The second-order valence-corrected chi connectivity index (χ2v) is 6.27. The third-order valence-corrected chi connectivity index (χ3v) is 4.02. The van der Waals surface area contributed by atoms with Gasteiger partial charge in [0.25, 0.3) is 5.91 Å². The molecule has 5 nitrogen and oxygen atoms in total. The highest BCUT2D eigenvalue weighted by molar-refractivity contribution is 5.97. The summed E-state index contributed by atoms with van der Waals surface area (Å²) in [5.41, 5.74) is 3.85. The fraction of sp³-hybridized carbons (Fsp3) is 0.333. The summed E-state index contributed by atoms with van der Waals surface area (Å²) < 4.78 is 10.8. The zero-order valence-electron chi connectivity index (χ0n) is 15.9. The average Bonchev–Trinajstić information content (AvgIpc) is 2.60. The quantitative estimate of drug-likeness (QED) is 0.789. The van der Waals surface area contributed by atoms with Gasteiger partial charge in [-0.3, -0.25) is 4.79 Å². The predicted octanol–water partition coefficient (Wildman–Crippen LogP) is 4.19. The Morgan fingerprint density at radius 3 is 2.42 bits per heavy atom. The van der Waals surface area contributed by atoms with Crippen LogP contribution in [0.1, 0.15) is 40.9 Å². The Kier molecular flexibility index (Phi) is 6.39. The van der Waals surface area contributed by atoms with Gasteiger partial charge < -0.3 is 14.8 Å². The molecule has 5 heteroatoms. The zero-order chi connectivity index (χ0) is 19.3. The zero-order valence-corrected chi connectivity index (χ0v) is 15.9. The van der Waals surface area contributed by atoms with E-state index >= 15 is 0 Å².